The number of anilines is 1. The monoisotopic (exact) mass is 732 g/mol. The van der Waals surface area contributed by atoms with Crippen LogP contribution < -0.4 is 15.4 Å². The third-order valence-corrected chi connectivity index (χ3v) is 6.88. The first-order chi connectivity index (χ1) is 23.8. The summed E-state index contributed by atoms with van der Waals surface area (Å²) in [5.41, 5.74) is -1.15. The number of carboxylic acids is 1. The van der Waals surface area contributed by atoms with Crippen LogP contribution in [0.3, 0.4) is 0 Å². The molecule has 1 fully saturated rings. The number of amides is 2. The molecule has 20 heteroatoms. The van der Waals surface area contributed by atoms with Crippen LogP contribution in [0.1, 0.15) is 65.9 Å². The number of carbonyl (C=O) groups excluding carboxylic acids is 7. The quantitative estimate of drug-likeness (QED) is 0.160. The minimum absolute atomic E-state index is 0.213. The van der Waals surface area contributed by atoms with Crippen LogP contribution in [0.4, 0.5) is 14.5 Å². The zero-order chi connectivity index (χ0) is 38.6. The lowest BCUT2D eigenvalue weighted by atomic mass is 9.88. The maximum Gasteiger partial charge on any atom is 0.383 e. The van der Waals surface area contributed by atoms with E-state index in [-0.39, 0.29) is 5.69 Å². The van der Waals surface area contributed by atoms with Crippen LogP contribution in [0, 0.1) is 0 Å². The van der Waals surface area contributed by atoms with Gasteiger partial charge >= 0.3 is 41.6 Å². The van der Waals surface area contributed by atoms with Crippen LogP contribution in [0.15, 0.2) is 18.2 Å². The zero-order valence-corrected chi connectivity index (χ0v) is 28.4. The molecule has 3 N–H and O–H groups in total. The van der Waals surface area contributed by atoms with E-state index in [1.807, 2.05) is 0 Å². The Balaban J connectivity index is 2.82. The highest BCUT2D eigenvalue weighted by molar-refractivity contribution is 5.92. The van der Waals surface area contributed by atoms with Crippen LogP contribution in [0.25, 0.3) is 0 Å². The second-order valence-electron chi connectivity index (χ2n) is 11.0. The molecule has 18 nitrogen and oxygen atoms in total. The Morgan fingerprint density at radius 2 is 1.59 bits per heavy atom. The number of benzene rings is 1. The van der Waals surface area contributed by atoms with E-state index >= 15 is 0 Å². The van der Waals surface area contributed by atoms with Crippen LogP contribution in [0.5, 0.6) is 5.75 Å². The first-order valence-corrected chi connectivity index (χ1v) is 15.1. The van der Waals surface area contributed by atoms with E-state index in [0.717, 1.165) is 59.9 Å². The fourth-order valence-electron chi connectivity index (χ4n) is 5.01. The maximum atomic E-state index is 14.5. The highest BCUT2D eigenvalue weighted by atomic mass is 19.3. The lowest BCUT2D eigenvalue weighted by Crippen LogP contribution is -2.71. The van der Waals surface area contributed by atoms with Crippen molar-refractivity contribution in [2.45, 2.75) is 96.6 Å². The number of rotatable bonds is 16. The van der Waals surface area contributed by atoms with Crippen LogP contribution in [-0.4, -0.2) is 103 Å². The van der Waals surface area contributed by atoms with Gasteiger partial charge in [-0.05, 0) is 18.2 Å². The molecule has 6 unspecified atom stereocenters. The number of methoxy groups -OCH3 is 1. The Bertz CT molecular complexity index is 1500. The van der Waals surface area contributed by atoms with E-state index in [4.69, 9.17) is 38.3 Å². The first-order valence-electron chi connectivity index (χ1n) is 15.1. The Morgan fingerprint density at radius 3 is 2.10 bits per heavy atom. The highest BCUT2D eigenvalue weighted by Crippen LogP contribution is 2.41. The van der Waals surface area contributed by atoms with E-state index in [0.29, 0.717) is 0 Å². The lowest BCUT2D eigenvalue weighted by Gasteiger charge is -2.48. The van der Waals surface area contributed by atoms with Gasteiger partial charge in [0.15, 0.2) is 18.3 Å². The van der Waals surface area contributed by atoms with Crippen molar-refractivity contribution in [3.63, 3.8) is 0 Å². The van der Waals surface area contributed by atoms with E-state index in [1.54, 1.807) is 0 Å². The molecule has 2 rings (SSSR count). The molecule has 1 saturated heterocycles. The van der Waals surface area contributed by atoms with Crippen molar-refractivity contribution < 1.29 is 85.4 Å². The molecule has 0 aliphatic carbocycles. The number of carbonyl (C=O) groups is 8. The molecule has 1 aliphatic rings. The molecule has 0 aromatic heterocycles. The minimum Gasteiger partial charge on any atom is -0.481 e. The average molecular weight is 733 g/mol. The second kappa shape index (κ2) is 18.6. The Kier molecular flexibility index (Phi) is 15.2. The van der Waals surface area contributed by atoms with Gasteiger partial charge in [0.05, 0.1) is 25.1 Å². The predicted molar refractivity (Wildman–Crippen MR) is 163 cm³/mol. The van der Waals surface area contributed by atoms with Crippen molar-refractivity contribution in [1.29, 1.82) is 0 Å². The summed E-state index contributed by atoms with van der Waals surface area (Å²) in [6.45, 7) is 4.22. The molecule has 6 atom stereocenters. The summed E-state index contributed by atoms with van der Waals surface area (Å²) < 4.78 is 66.9. The third-order valence-electron chi connectivity index (χ3n) is 6.88. The van der Waals surface area contributed by atoms with Gasteiger partial charge in [0, 0.05) is 53.1 Å². The van der Waals surface area contributed by atoms with Crippen molar-refractivity contribution in [2.24, 2.45) is 0 Å². The van der Waals surface area contributed by atoms with Gasteiger partial charge in [-0.3, -0.25) is 33.6 Å². The molecule has 0 spiro atoms. The SMILES string of the molecule is COC(=O)C1(Oc2ccc(NC(=O)CCC(=O)O)cc2C(F)F)OC(C(OC(C)=O)C(COC(C)=O)OC(C)=O)C(NC(C)=O)CC1OC(C)=O. The lowest BCUT2D eigenvalue weighted by molar-refractivity contribution is -0.306. The summed E-state index contributed by atoms with van der Waals surface area (Å²) in [6.07, 6.45) is -12.2. The van der Waals surface area contributed by atoms with E-state index in [9.17, 15) is 47.1 Å². The smallest absolute Gasteiger partial charge is 0.383 e. The molecular formula is C31H38F2N2O16. The van der Waals surface area contributed by atoms with Gasteiger partial charge < -0.3 is 48.9 Å². The van der Waals surface area contributed by atoms with Gasteiger partial charge in [0.25, 0.3) is 6.43 Å². The summed E-state index contributed by atoms with van der Waals surface area (Å²) in [5.74, 6) is -11.9. The van der Waals surface area contributed by atoms with Crippen LogP contribution >= 0.6 is 0 Å². The summed E-state index contributed by atoms with van der Waals surface area (Å²) >= 11 is 0. The van der Waals surface area contributed by atoms with Gasteiger partial charge in [0.2, 0.25) is 11.8 Å². The molecule has 0 bridgehead atoms. The molecule has 0 radical (unpaired) electrons. The molecule has 2 amide bonds. The van der Waals surface area contributed by atoms with Crippen LogP contribution in [0.2, 0.25) is 0 Å². The molecule has 282 valence electrons. The number of carboxylic acid groups (broad SMARTS) is 1. The average Bonchev–Trinajstić information content (AvgIpc) is 3.01. The number of halogens is 2. The highest BCUT2D eigenvalue weighted by Gasteiger charge is 2.63. The van der Waals surface area contributed by atoms with Gasteiger partial charge in [-0.1, -0.05) is 0 Å². The van der Waals surface area contributed by atoms with Gasteiger partial charge in [-0.15, -0.1) is 0 Å². The molecule has 1 heterocycles. The first kappa shape index (κ1) is 41.8. The van der Waals surface area contributed by atoms with Crippen molar-refractivity contribution >= 4 is 53.3 Å². The fourth-order valence-corrected chi connectivity index (χ4v) is 5.01. The van der Waals surface area contributed by atoms with Crippen molar-refractivity contribution in [1.82, 2.24) is 5.32 Å². The third kappa shape index (κ3) is 12.2. The van der Waals surface area contributed by atoms with Gasteiger partial charge in [0.1, 0.15) is 18.5 Å². The van der Waals surface area contributed by atoms with E-state index < -0.39 is 127 Å². The Hall–Kier alpha value is -5.40. The number of aliphatic carboxylic acids is 1. The molecule has 0 saturated carbocycles. The fraction of sp³-hybridized carbons (Fsp3) is 0.548. The standard InChI is InChI=1S/C31H38F2N2O16/c1-14(36)34-21-12-24(48-17(4)39)31(30(44)45-6,51-27(21)28(49-18(5)40)23(47-16(3)38)13-46-15(2)37)50-22-8-7-19(11-20(22)29(32)33)35-25(41)9-10-26(42)43/h7-8,11,21,23-24,27-29H,9-10,12-13H2,1-6H3,(H,34,36)(H,35,41)(H,42,43). The zero-order valence-electron chi connectivity index (χ0n) is 28.4. The van der Waals surface area contributed by atoms with E-state index in [2.05, 4.69) is 10.6 Å². The summed E-state index contributed by atoms with van der Waals surface area (Å²) in [7, 11) is 0.853. The van der Waals surface area contributed by atoms with E-state index in [1.165, 1.54) is 0 Å². The topological polar surface area (TPSA) is 245 Å². The maximum absolute atomic E-state index is 14.5. The summed E-state index contributed by atoms with van der Waals surface area (Å²) in [5, 5.41) is 13.6. The molecular weight excluding hydrogens is 694 g/mol. The van der Waals surface area contributed by atoms with Crippen molar-refractivity contribution in [3.05, 3.63) is 23.8 Å². The minimum atomic E-state index is -3.35. The summed E-state index contributed by atoms with van der Waals surface area (Å²) in [6, 6.07) is 1.37. The number of nitrogens with one attached hydrogen (secondary N) is 2. The predicted octanol–water partition coefficient (Wildman–Crippen LogP) is 1.33. The van der Waals surface area contributed by atoms with Crippen LogP contribution in [-0.2, 0) is 66.8 Å². The largest absolute Gasteiger partial charge is 0.481 e. The number of hydrogen-bond acceptors (Lipinski definition) is 15. The number of hydrogen-bond donors (Lipinski definition) is 3. The van der Waals surface area contributed by atoms with Crippen molar-refractivity contribution in [3.8, 4) is 5.75 Å². The van der Waals surface area contributed by atoms with Gasteiger partial charge in [-0.25, -0.2) is 13.6 Å². The molecule has 51 heavy (non-hydrogen) atoms. The normalized spacial score (nSPS) is 20.8. The number of esters is 5. The summed E-state index contributed by atoms with van der Waals surface area (Å²) in [4.78, 5) is 97.4. The Morgan fingerprint density at radius 1 is 0.941 bits per heavy atom. The molecule has 1 aromatic rings. The molecule has 1 aliphatic heterocycles. The van der Waals surface area contributed by atoms with Crippen molar-refractivity contribution in [2.75, 3.05) is 19.0 Å². The second-order valence-corrected chi connectivity index (χ2v) is 11.0. The molecule has 1 aromatic carbocycles. The number of ether oxygens (including phenoxy) is 7. The Labute approximate surface area is 289 Å². The number of alkyl halides is 2. The van der Waals surface area contributed by atoms with Gasteiger partial charge in [-0.2, -0.15) is 0 Å².